The highest BCUT2D eigenvalue weighted by atomic mass is 35.5. The van der Waals surface area contributed by atoms with Gasteiger partial charge in [-0.25, -0.2) is 4.79 Å². The molecule has 0 spiro atoms. The Morgan fingerprint density at radius 3 is 2.30 bits per heavy atom. The van der Waals surface area contributed by atoms with E-state index in [0.717, 1.165) is 0 Å². The number of urea groups is 1. The van der Waals surface area contributed by atoms with Gasteiger partial charge in [-0.2, -0.15) is 0 Å². The van der Waals surface area contributed by atoms with Crippen molar-refractivity contribution in [3.05, 3.63) is 65.2 Å². The fraction of sp³-hybridized carbons (Fsp3) is 0.0667. The van der Waals surface area contributed by atoms with Crippen molar-refractivity contribution >= 4 is 29.2 Å². The predicted octanol–water partition coefficient (Wildman–Crippen LogP) is 3.14. The molecule has 2 aromatic rings. The number of para-hydroxylation sites is 1. The van der Waals surface area contributed by atoms with E-state index in [1.807, 2.05) is 18.2 Å². The van der Waals surface area contributed by atoms with E-state index in [1.54, 1.807) is 36.4 Å². The van der Waals surface area contributed by atoms with Crippen LogP contribution in [0.5, 0.6) is 0 Å². The van der Waals surface area contributed by atoms with Crippen molar-refractivity contribution in [3.63, 3.8) is 0 Å². The number of nitrogens with zero attached hydrogens (tertiary/aromatic N) is 1. The van der Waals surface area contributed by atoms with Crippen LogP contribution in [0.2, 0.25) is 5.02 Å². The molecule has 1 atom stereocenters. The zero-order valence-electron chi connectivity index (χ0n) is 10.4. The van der Waals surface area contributed by atoms with Crippen molar-refractivity contribution in [3.8, 4) is 0 Å². The molecule has 0 saturated carbocycles. The fourth-order valence-electron chi connectivity index (χ4n) is 2.30. The maximum Gasteiger partial charge on any atom is 0.329 e. The first-order chi connectivity index (χ1) is 9.68. The van der Waals surface area contributed by atoms with Crippen LogP contribution < -0.4 is 10.2 Å². The van der Waals surface area contributed by atoms with Crippen LogP contribution >= 0.6 is 11.6 Å². The minimum absolute atomic E-state index is 0.369. The number of amides is 3. The van der Waals surface area contributed by atoms with Crippen LogP contribution in [0.3, 0.4) is 0 Å². The molecule has 3 rings (SSSR count). The first kappa shape index (κ1) is 12.7. The largest absolute Gasteiger partial charge is 0.329 e. The number of carbonyl (C=O) groups excluding carboxylic acids is 2. The van der Waals surface area contributed by atoms with Crippen LogP contribution in [0.1, 0.15) is 11.6 Å². The minimum atomic E-state index is -0.737. The molecule has 2 aromatic carbocycles. The summed E-state index contributed by atoms with van der Waals surface area (Å²) in [6.45, 7) is 0. The smallest absolute Gasteiger partial charge is 0.277 e. The third-order valence-electron chi connectivity index (χ3n) is 3.19. The number of rotatable bonds is 2. The van der Waals surface area contributed by atoms with Gasteiger partial charge in [0.1, 0.15) is 6.04 Å². The van der Waals surface area contributed by atoms with Crippen molar-refractivity contribution < 1.29 is 9.59 Å². The molecule has 100 valence electrons. The Morgan fingerprint density at radius 2 is 1.60 bits per heavy atom. The second-order valence-corrected chi connectivity index (χ2v) is 4.83. The normalized spacial score (nSPS) is 18.2. The molecule has 3 amide bonds. The summed E-state index contributed by atoms with van der Waals surface area (Å²) < 4.78 is 0. The lowest BCUT2D eigenvalue weighted by atomic mass is 10.1. The summed E-state index contributed by atoms with van der Waals surface area (Å²) in [5, 5.41) is 2.79. The highest BCUT2D eigenvalue weighted by Gasteiger charge is 2.41. The van der Waals surface area contributed by atoms with E-state index in [9.17, 15) is 9.59 Å². The standard InChI is InChI=1S/C15H11ClN2O2/c16-12-9-5-4-8-11(12)13-14(19)17-15(20)18(13)10-6-2-1-3-7-10/h1-9,13H,(H,17,19,20). The van der Waals surface area contributed by atoms with Gasteiger partial charge >= 0.3 is 6.03 Å². The number of hydrogen-bond acceptors (Lipinski definition) is 2. The zero-order valence-corrected chi connectivity index (χ0v) is 11.2. The molecule has 0 aromatic heterocycles. The molecule has 1 heterocycles. The Bertz CT molecular complexity index is 673. The summed E-state index contributed by atoms with van der Waals surface area (Å²) in [6, 6.07) is 14.9. The highest BCUT2D eigenvalue weighted by molar-refractivity contribution is 6.32. The first-order valence-electron chi connectivity index (χ1n) is 6.12. The Hall–Kier alpha value is -2.33. The van der Waals surface area contributed by atoms with E-state index >= 15 is 0 Å². The Balaban J connectivity index is 2.10. The summed E-state index contributed by atoms with van der Waals surface area (Å²) in [5.41, 5.74) is 1.27. The van der Waals surface area contributed by atoms with Gasteiger partial charge in [-0.15, -0.1) is 0 Å². The fourth-order valence-corrected chi connectivity index (χ4v) is 2.54. The van der Waals surface area contributed by atoms with Gasteiger partial charge in [-0.05, 0) is 18.2 Å². The Labute approximate surface area is 121 Å². The molecule has 0 aliphatic carbocycles. The van der Waals surface area contributed by atoms with E-state index in [4.69, 9.17) is 11.6 Å². The van der Waals surface area contributed by atoms with Gasteiger partial charge in [0, 0.05) is 16.3 Å². The summed E-state index contributed by atoms with van der Waals surface area (Å²) in [4.78, 5) is 25.5. The third kappa shape index (κ3) is 2.04. The SMILES string of the molecule is O=C1NC(=O)N(c2ccccc2)C1c1ccccc1Cl. The second kappa shape index (κ2) is 4.98. The van der Waals surface area contributed by atoms with Gasteiger partial charge in [0.25, 0.3) is 5.91 Å². The Kier molecular flexibility index (Phi) is 3.16. The van der Waals surface area contributed by atoms with E-state index in [-0.39, 0.29) is 5.91 Å². The van der Waals surface area contributed by atoms with Crippen LogP contribution in [0.4, 0.5) is 10.5 Å². The van der Waals surface area contributed by atoms with E-state index in [1.165, 1.54) is 4.90 Å². The number of carbonyl (C=O) groups is 2. The predicted molar refractivity (Wildman–Crippen MR) is 76.7 cm³/mol. The number of imide groups is 1. The van der Waals surface area contributed by atoms with Crippen molar-refractivity contribution in [1.82, 2.24) is 5.32 Å². The van der Waals surface area contributed by atoms with E-state index < -0.39 is 12.1 Å². The highest BCUT2D eigenvalue weighted by Crippen LogP contribution is 2.34. The summed E-state index contributed by atoms with van der Waals surface area (Å²) in [7, 11) is 0. The van der Waals surface area contributed by atoms with Crippen LogP contribution in [-0.2, 0) is 4.79 Å². The molecule has 4 nitrogen and oxygen atoms in total. The van der Waals surface area contributed by atoms with Gasteiger partial charge < -0.3 is 0 Å². The van der Waals surface area contributed by atoms with E-state index in [0.29, 0.717) is 16.3 Å². The molecule has 1 unspecified atom stereocenters. The van der Waals surface area contributed by atoms with Crippen molar-refractivity contribution in [1.29, 1.82) is 0 Å². The quantitative estimate of drug-likeness (QED) is 0.862. The van der Waals surface area contributed by atoms with Crippen molar-refractivity contribution in [2.75, 3.05) is 4.90 Å². The number of anilines is 1. The molecule has 1 fully saturated rings. The molecular weight excluding hydrogens is 276 g/mol. The molecule has 1 N–H and O–H groups in total. The monoisotopic (exact) mass is 286 g/mol. The summed E-state index contributed by atoms with van der Waals surface area (Å²) in [6.07, 6.45) is 0. The lowest BCUT2D eigenvalue weighted by Gasteiger charge is -2.22. The third-order valence-corrected chi connectivity index (χ3v) is 3.53. The molecule has 1 aliphatic heterocycles. The Morgan fingerprint density at radius 1 is 0.950 bits per heavy atom. The average Bonchev–Trinajstić information content (AvgIpc) is 2.75. The van der Waals surface area contributed by atoms with Crippen LogP contribution in [0.25, 0.3) is 0 Å². The van der Waals surface area contributed by atoms with Gasteiger partial charge in [0.05, 0.1) is 0 Å². The van der Waals surface area contributed by atoms with Crippen molar-refractivity contribution in [2.24, 2.45) is 0 Å². The summed E-state index contributed by atoms with van der Waals surface area (Å²) in [5.74, 6) is -0.369. The number of nitrogens with one attached hydrogen (secondary N) is 1. The van der Waals surface area contributed by atoms with Gasteiger partial charge in [-0.1, -0.05) is 48.0 Å². The average molecular weight is 287 g/mol. The van der Waals surface area contributed by atoms with Crippen LogP contribution in [0.15, 0.2) is 54.6 Å². The lowest BCUT2D eigenvalue weighted by Crippen LogP contribution is -2.29. The van der Waals surface area contributed by atoms with Gasteiger partial charge in [0.15, 0.2) is 0 Å². The molecule has 1 saturated heterocycles. The first-order valence-corrected chi connectivity index (χ1v) is 6.50. The molecule has 20 heavy (non-hydrogen) atoms. The molecular formula is C15H11ClN2O2. The minimum Gasteiger partial charge on any atom is -0.277 e. The number of hydrogen-bond donors (Lipinski definition) is 1. The van der Waals surface area contributed by atoms with Gasteiger partial charge in [0.2, 0.25) is 0 Å². The topological polar surface area (TPSA) is 49.4 Å². The molecule has 1 aliphatic rings. The van der Waals surface area contributed by atoms with E-state index in [2.05, 4.69) is 5.32 Å². The van der Waals surface area contributed by atoms with Crippen LogP contribution in [0, 0.1) is 0 Å². The molecule has 5 heteroatoms. The number of halogens is 1. The maximum absolute atomic E-state index is 12.1. The number of benzene rings is 2. The molecule has 0 radical (unpaired) electrons. The summed E-state index contributed by atoms with van der Waals surface area (Å²) >= 11 is 6.15. The van der Waals surface area contributed by atoms with Gasteiger partial charge in [-0.3, -0.25) is 15.0 Å². The van der Waals surface area contributed by atoms with Crippen LogP contribution in [-0.4, -0.2) is 11.9 Å². The molecule has 0 bridgehead atoms. The maximum atomic E-state index is 12.1. The van der Waals surface area contributed by atoms with Crippen molar-refractivity contribution in [2.45, 2.75) is 6.04 Å². The lowest BCUT2D eigenvalue weighted by molar-refractivity contribution is -0.119. The second-order valence-electron chi connectivity index (χ2n) is 4.42. The zero-order chi connectivity index (χ0) is 14.1.